The number of rotatable bonds is 8. The summed E-state index contributed by atoms with van der Waals surface area (Å²) in [5.74, 6) is -1.60. The predicted molar refractivity (Wildman–Crippen MR) is 76.4 cm³/mol. The van der Waals surface area contributed by atoms with Crippen LogP contribution in [0.15, 0.2) is 23.1 Å². The van der Waals surface area contributed by atoms with Crippen LogP contribution in [0.25, 0.3) is 0 Å². The van der Waals surface area contributed by atoms with Crippen molar-refractivity contribution in [2.24, 2.45) is 5.73 Å². The van der Waals surface area contributed by atoms with Gasteiger partial charge in [0.1, 0.15) is 0 Å². The van der Waals surface area contributed by atoms with Crippen molar-refractivity contribution in [3.8, 4) is 0 Å². The first kappa shape index (κ1) is 17.1. The molecule has 0 heterocycles. The summed E-state index contributed by atoms with van der Waals surface area (Å²) < 4.78 is 26.4. The Hall–Kier alpha value is -1.93. The van der Waals surface area contributed by atoms with E-state index in [9.17, 15) is 18.0 Å². The van der Waals surface area contributed by atoms with Crippen LogP contribution in [0.2, 0.25) is 0 Å². The van der Waals surface area contributed by atoms with Crippen molar-refractivity contribution in [3.05, 3.63) is 29.3 Å². The van der Waals surface area contributed by atoms with Crippen LogP contribution in [0.3, 0.4) is 0 Å². The molecule has 7 nitrogen and oxygen atoms in total. The molecule has 1 aromatic carbocycles. The van der Waals surface area contributed by atoms with Crippen LogP contribution in [0, 0.1) is 6.92 Å². The number of unbranched alkanes of at least 4 members (excludes halogenated alkanes) is 1. The number of nitrogens with one attached hydrogen (secondary N) is 1. The highest BCUT2D eigenvalue weighted by atomic mass is 32.2. The van der Waals surface area contributed by atoms with Crippen LogP contribution in [0.4, 0.5) is 0 Å². The highest BCUT2D eigenvalue weighted by molar-refractivity contribution is 7.89. The van der Waals surface area contributed by atoms with E-state index < -0.39 is 21.9 Å². The van der Waals surface area contributed by atoms with Crippen molar-refractivity contribution in [2.75, 3.05) is 6.54 Å². The van der Waals surface area contributed by atoms with E-state index in [0.29, 0.717) is 18.4 Å². The number of carboxylic acids is 1. The second kappa shape index (κ2) is 7.19. The minimum absolute atomic E-state index is 0.00190. The van der Waals surface area contributed by atoms with Gasteiger partial charge in [-0.05, 0) is 37.5 Å². The van der Waals surface area contributed by atoms with Gasteiger partial charge in [-0.25, -0.2) is 13.1 Å². The summed E-state index contributed by atoms with van der Waals surface area (Å²) in [6.07, 6.45) is 0.802. The summed E-state index contributed by atoms with van der Waals surface area (Å²) >= 11 is 0. The van der Waals surface area contributed by atoms with Gasteiger partial charge in [0.15, 0.2) is 0 Å². The molecule has 0 fully saturated rings. The van der Waals surface area contributed by atoms with Crippen molar-refractivity contribution in [2.45, 2.75) is 31.1 Å². The Kier molecular flexibility index (Phi) is 5.86. The SMILES string of the molecule is Cc1ccc(S(=O)(=O)NCCCCC(=O)O)cc1C(N)=O. The molecule has 1 rings (SSSR count). The Morgan fingerprint density at radius 3 is 2.52 bits per heavy atom. The number of carbonyl (C=O) groups is 2. The number of hydrogen-bond acceptors (Lipinski definition) is 4. The Balaban J connectivity index is 2.72. The number of aliphatic carboxylic acids is 1. The molecule has 0 bridgehead atoms. The number of hydrogen-bond donors (Lipinski definition) is 3. The molecule has 0 saturated heterocycles. The molecule has 1 amide bonds. The third-order valence-corrected chi connectivity index (χ3v) is 4.35. The van der Waals surface area contributed by atoms with Gasteiger partial charge in [-0.1, -0.05) is 6.07 Å². The first-order chi connectivity index (χ1) is 9.74. The maximum Gasteiger partial charge on any atom is 0.303 e. The minimum Gasteiger partial charge on any atom is -0.481 e. The quantitative estimate of drug-likeness (QED) is 0.606. The van der Waals surface area contributed by atoms with Crippen molar-refractivity contribution >= 4 is 21.9 Å². The monoisotopic (exact) mass is 314 g/mol. The van der Waals surface area contributed by atoms with E-state index in [4.69, 9.17) is 10.8 Å². The summed E-state index contributed by atoms with van der Waals surface area (Å²) in [5, 5.41) is 8.48. The first-order valence-electron chi connectivity index (χ1n) is 6.36. The summed E-state index contributed by atoms with van der Waals surface area (Å²) in [4.78, 5) is 21.5. The maximum absolute atomic E-state index is 12.0. The summed E-state index contributed by atoms with van der Waals surface area (Å²) in [7, 11) is -3.74. The van der Waals surface area contributed by atoms with Gasteiger partial charge in [0.2, 0.25) is 15.9 Å². The largest absolute Gasteiger partial charge is 0.481 e. The fraction of sp³-hybridized carbons (Fsp3) is 0.385. The second-order valence-corrected chi connectivity index (χ2v) is 6.36. The molecule has 0 aliphatic carbocycles. The van der Waals surface area contributed by atoms with E-state index in [1.54, 1.807) is 6.92 Å². The van der Waals surface area contributed by atoms with E-state index in [-0.39, 0.29) is 23.4 Å². The molecule has 116 valence electrons. The summed E-state index contributed by atoms with van der Waals surface area (Å²) in [6, 6.07) is 4.14. The zero-order valence-corrected chi connectivity index (χ0v) is 12.4. The van der Waals surface area contributed by atoms with Gasteiger partial charge in [-0.3, -0.25) is 9.59 Å². The van der Waals surface area contributed by atoms with Gasteiger partial charge in [0.25, 0.3) is 0 Å². The number of carboxylic acid groups (broad SMARTS) is 1. The van der Waals surface area contributed by atoms with E-state index in [2.05, 4.69) is 4.72 Å². The van der Waals surface area contributed by atoms with Gasteiger partial charge >= 0.3 is 5.97 Å². The maximum atomic E-state index is 12.0. The Bertz CT molecular complexity index is 640. The Morgan fingerprint density at radius 2 is 1.95 bits per heavy atom. The first-order valence-corrected chi connectivity index (χ1v) is 7.84. The van der Waals surface area contributed by atoms with Crippen molar-refractivity contribution in [1.29, 1.82) is 0 Å². The number of primary amides is 1. The molecule has 8 heteroatoms. The summed E-state index contributed by atoms with van der Waals surface area (Å²) in [6.45, 7) is 1.80. The average molecular weight is 314 g/mol. The van der Waals surface area contributed by atoms with Gasteiger partial charge in [-0.15, -0.1) is 0 Å². The molecular formula is C13H18N2O5S. The fourth-order valence-electron chi connectivity index (χ4n) is 1.72. The van der Waals surface area contributed by atoms with Crippen LogP contribution in [0.1, 0.15) is 35.2 Å². The smallest absolute Gasteiger partial charge is 0.303 e. The van der Waals surface area contributed by atoms with Crippen LogP contribution < -0.4 is 10.5 Å². The lowest BCUT2D eigenvalue weighted by Gasteiger charge is -2.09. The Morgan fingerprint density at radius 1 is 1.29 bits per heavy atom. The minimum atomic E-state index is -3.74. The fourth-order valence-corrected chi connectivity index (χ4v) is 2.82. The molecule has 0 saturated carbocycles. The second-order valence-electron chi connectivity index (χ2n) is 4.59. The summed E-state index contributed by atoms with van der Waals surface area (Å²) in [5.41, 5.74) is 5.94. The van der Waals surface area contributed by atoms with E-state index >= 15 is 0 Å². The molecule has 4 N–H and O–H groups in total. The number of carbonyl (C=O) groups excluding carboxylic acids is 1. The zero-order chi connectivity index (χ0) is 16.0. The number of benzene rings is 1. The number of amides is 1. The highest BCUT2D eigenvalue weighted by Crippen LogP contribution is 2.15. The van der Waals surface area contributed by atoms with E-state index in [1.165, 1.54) is 18.2 Å². The average Bonchev–Trinajstić information content (AvgIpc) is 2.37. The predicted octanol–water partition coefficient (Wildman–Crippen LogP) is 0.627. The molecule has 0 aliphatic heterocycles. The molecule has 21 heavy (non-hydrogen) atoms. The third-order valence-electron chi connectivity index (χ3n) is 2.89. The van der Waals surface area contributed by atoms with Crippen LogP contribution in [-0.4, -0.2) is 31.9 Å². The van der Waals surface area contributed by atoms with Gasteiger partial charge in [-0.2, -0.15) is 0 Å². The molecule has 1 aromatic rings. The zero-order valence-electron chi connectivity index (χ0n) is 11.6. The van der Waals surface area contributed by atoms with Crippen molar-refractivity contribution in [1.82, 2.24) is 4.72 Å². The highest BCUT2D eigenvalue weighted by Gasteiger charge is 2.16. The lowest BCUT2D eigenvalue weighted by atomic mass is 10.1. The van der Waals surface area contributed by atoms with Crippen molar-refractivity contribution < 1.29 is 23.1 Å². The number of sulfonamides is 1. The molecule has 0 aromatic heterocycles. The third kappa shape index (κ3) is 5.16. The lowest BCUT2D eigenvalue weighted by molar-refractivity contribution is -0.137. The van der Waals surface area contributed by atoms with Gasteiger partial charge in [0.05, 0.1) is 4.90 Å². The van der Waals surface area contributed by atoms with E-state index in [1.807, 2.05) is 0 Å². The van der Waals surface area contributed by atoms with Gasteiger partial charge < -0.3 is 10.8 Å². The number of aryl methyl sites for hydroxylation is 1. The Labute approximate surface area is 123 Å². The number of nitrogens with two attached hydrogens (primary N) is 1. The topological polar surface area (TPSA) is 127 Å². The molecule has 0 spiro atoms. The lowest BCUT2D eigenvalue weighted by Crippen LogP contribution is -2.25. The normalized spacial score (nSPS) is 11.3. The van der Waals surface area contributed by atoms with Crippen molar-refractivity contribution in [3.63, 3.8) is 0 Å². The molecular weight excluding hydrogens is 296 g/mol. The molecule has 0 atom stereocenters. The van der Waals surface area contributed by atoms with Crippen LogP contribution in [0.5, 0.6) is 0 Å². The molecule has 0 radical (unpaired) electrons. The van der Waals surface area contributed by atoms with E-state index in [0.717, 1.165) is 0 Å². The van der Waals surface area contributed by atoms with Crippen LogP contribution >= 0.6 is 0 Å². The van der Waals surface area contributed by atoms with Crippen LogP contribution in [-0.2, 0) is 14.8 Å². The standard InChI is InChI=1S/C13H18N2O5S/c1-9-5-6-10(8-11(9)13(14)18)21(19,20)15-7-3-2-4-12(16)17/h5-6,8,15H,2-4,7H2,1H3,(H2,14,18)(H,16,17). The molecule has 0 aliphatic rings. The van der Waals surface area contributed by atoms with Gasteiger partial charge in [0, 0.05) is 18.5 Å². The molecule has 0 unspecified atom stereocenters.